The highest BCUT2D eigenvalue weighted by Crippen LogP contribution is 2.20. The van der Waals surface area contributed by atoms with Gasteiger partial charge in [0.1, 0.15) is 10.8 Å². The summed E-state index contributed by atoms with van der Waals surface area (Å²) < 4.78 is 5.74. The third-order valence-corrected chi connectivity index (χ3v) is 2.80. The van der Waals surface area contributed by atoms with Crippen molar-refractivity contribution < 1.29 is 9.53 Å². The van der Waals surface area contributed by atoms with Crippen molar-refractivity contribution in [1.29, 1.82) is 0 Å². The van der Waals surface area contributed by atoms with E-state index in [1.165, 1.54) is 11.2 Å². The SMILES string of the molecule is C=C(Cl)N=C(/C(Br)=C\N)N(CC(C)(C)C)NC(=O)OC(C)(C)C. The number of carbonyl (C=O) groups excluding carboxylic acids is 1. The summed E-state index contributed by atoms with van der Waals surface area (Å²) in [6, 6.07) is 0. The molecular weight excluding hydrogens is 384 g/mol. The summed E-state index contributed by atoms with van der Waals surface area (Å²) in [4.78, 5) is 16.2. The molecule has 0 spiro atoms. The van der Waals surface area contributed by atoms with Gasteiger partial charge in [-0.15, -0.1) is 0 Å². The van der Waals surface area contributed by atoms with E-state index in [1.54, 1.807) is 20.8 Å². The van der Waals surface area contributed by atoms with E-state index in [1.807, 2.05) is 20.8 Å². The number of hydrazine groups is 1. The summed E-state index contributed by atoms with van der Waals surface area (Å²) in [5.74, 6) is 0.327. The molecule has 0 aliphatic rings. The van der Waals surface area contributed by atoms with Crippen LogP contribution in [0.3, 0.4) is 0 Å². The molecule has 8 heteroatoms. The van der Waals surface area contributed by atoms with Gasteiger partial charge in [0.25, 0.3) is 0 Å². The Hall–Kier alpha value is -1.21. The number of rotatable bonds is 3. The molecule has 0 aromatic rings. The van der Waals surface area contributed by atoms with Gasteiger partial charge in [-0.05, 0) is 42.1 Å². The minimum atomic E-state index is -0.619. The molecular formula is C15H26BrClN4O2. The molecule has 132 valence electrons. The zero-order valence-corrected chi connectivity index (χ0v) is 16.9. The average Bonchev–Trinajstić information content (AvgIpc) is 2.29. The molecule has 0 rings (SSSR count). The Balaban J connectivity index is 5.58. The number of carbonyl (C=O) groups is 1. The number of ether oxygens (including phenoxy) is 1. The van der Waals surface area contributed by atoms with Crippen molar-refractivity contribution in [1.82, 2.24) is 10.4 Å². The molecule has 0 aliphatic heterocycles. The van der Waals surface area contributed by atoms with Crippen LogP contribution in [0.5, 0.6) is 0 Å². The Morgan fingerprint density at radius 1 is 1.39 bits per heavy atom. The van der Waals surface area contributed by atoms with Crippen molar-refractivity contribution in [3.05, 3.63) is 22.4 Å². The number of nitrogens with two attached hydrogens (primary N) is 1. The molecule has 0 aromatic heterocycles. The molecule has 0 atom stereocenters. The maximum absolute atomic E-state index is 12.1. The van der Waals surface area contributed by atoms with Crippen molar-refractivity contribution >= 4 is 39.5 Å². The van der Waals surface area contributed by atoms with Crippen LogP contribution in [0.25, 0.3) is 0 Å². The van der Waals surface area contributed by atoms with Crippen LogP contribution < -0.4 is 11.2 Å². The van der Waals surface area contributed by atoms with Gasteiger partial charge in [0.15, 0.2) is 5.84 Å². The minimum absolute atomic E-state index is 0.0590. The quantitative estimate of drug-likeness (QED) is 0.318. The van der Waals surface area contributed by atoms with Gasteiger partial charge in [-0.1, -0.05) is 39.0 Å². The standard InChI is InChI=1S/C15H26BrClN4O2/c1-10(17)19-12(11(16)8-18)21(9-14(2,3)4)20-13(22)23-15(5,6)7/h8H,1,9,18H2,2-7H3,(H,20,22)/b11-8+,19-12?. The van der Waals surface area contributed by atoms with Gasteiger partial charge in [-0.2, -0.15) is 0 Å². The normalized spacial score (nSPS) is 13.6. The average molecular weight is 410 g/mol. The van der Waals surface area contributed by atoms with Crippen molar-refractivity contribution in [2.45, 2.75) is 47.1 Å². The molecule has 0 unspecified atom stereocenters. The summed E-state index contributed by atoms with van der Waals surface area (Å²) in [7, 11) is 0. The van der Waals surface area contributed by atoms with Gasteiger partial charge < -0.3 is 10.5 Å². The number of nitrogens with zero attached hydrogens (tertiary/aromatic N) is 2. The molecule has 0 saturated carbocycles. The van der Waals surface area contributed by atoms with Crippen LogP contribution in [0.1, 0.15) is 41.5 Å². The minimum Gasteiger partial charge on any atom is -0.443 e. The number of amides is 1. The summed E-state index contributed by atoms with van der Waals surface area (Å²) in [6.07, 6.45) is 0.706. The van der Waals surface area contributed by atoms with Crippen LogP contribution in [0.4, 0.5) is 4.79 Å². The highest BCUT2D eigenvalue weighted by Gasteiger charge is 2.25. The van der Waals surface area contributed by atoms with E-state index in [9.17, 15) is 4.79 Å². The smallest absolute Gasteiger partial charge is 0.426 e. The number of amidine groups is 1. The number of nitrogens with one attached hydrogen (secondary N) is 1. The molecule has 0 aliphatic carbocycles. The van der Waals surface area contributed by atoms with Gasteiger partial charge in [0.2, 0.25) is 0 Å². The highest BCUT2D eigenvalue weighted by molar-refractivity contribution is 9.12. The van der Waals surface area contributed by atoms with E-state index in [0.717, 1.165) is 0 Å². The van der Waals surface area contributed by atoms with Crippen molar-refractivity contribution in [2.24, 2.45) is 16.1 Å². The van der Waals surface area contributed by atoms with Crippen LogP contribution in [-0.2, 0) is 4.74 Å². The summed E-state index contributed by atoms with van der Waals surface area (Å²) >= 11 is 9.09. The van der Waals surface area contributed by atoms with Gasteiger partial charge in [-0.3, -0.25) is 5.01 Å². The molecule has 23 heavy (non-hydrogen) atoms. The topological polar surface area (TPSA) is 80.0 Å². The lowest BCUT2D eigenvalue weighted by Crippen LogP contribution is -2.51. The Labute approximate surface area is 151 Å². The van der Waals surface area contributed by atoms with Gasteiger partial charge in [0, 0.05) is 12.7 Å². The highest BCUT2D eigenvalue weighted by atomic mass is 79.9. The summed E-state index contributed by atoms with van der Waals surface area (Å²) in [6.45, 7) is 15.4. The monoisotopic (exact) mass is 408 g/mol. The first-order chi connectivity index (χ1) is 10.2. The lowest BCUT2D eigenvalue weighted by Gasteiger charge is -2.33. The first kappa shape index (κ1) is 21.8. The first-order valence-corrected chi connectivity index (χ1v) is 8.20. The van der Waals surface area contributed by atoms with Crippen molar-refractivity contribution in [2.75, 3.05) is 6.54 Å². The molecule has 0 saturated heterocycles. The second-order valence-electron chi connectivity index (χ2n) is 7.09. The first-order valence-electron chi connectivity index (χ1n) is 7.03. The fraction of sp³-hybridized carbons (Fsp3) is 0.600. The molecule has 0 bridgehead atoms. The van der Waals surface area contributed by atoms with Crippen molar-refractivity contribution in [3.63, 3.8) is 0 Å². The number of hydrogen-bond acceptors (Lipinski definition) is 4. The maximum Gasteiger partial charge on any atom is 0.426 e. The maximum atomic E-state index is 12.1. The predicted octanol–water partition coefficient (Wildman–Crippen LogP) is 4.08. The van der Waals surface area contributed by atoms with Crippen LogP contribution in [0.2, 0.25) is 0 Å². The van der Waals surface area contributed by atoms with Crippen LogP contribution >= 0.6 is 27.5 Å². The Bertz CT molecular complexity index is 505. The zero-order valence-electron chi connectivity index (χ0n) is 14.5. The summed E-state index contributed by atoms with van der Waals surface area (Å²) in [5, 5.41) is 1.58. The molecule has 0 heterocycles. The lowest BCUT2D eigenvalue weighted by atomic mass is 9.96. The second-order valence-corrected chi connectivity index (χ2v) is 8.38. The third kappa shape index (κ3) is 10.2. The van der Waals surface area contributed by atoms with Crippen LogP contribution in [0.15, 0.2) is 27.4 Å². The Morgan fingerprint density at radius 3 is 2.26 bits per heavy atom. The largest absolute Gasteiger partial charge is 0.443 e. The van der Waals surface area contributed by atoms with E-state index in [0.29, 0.717) is 16.9 Å². The van der Waals surface area contributed by atoms with Gasteiger partial charge in [-0.25, -0.2) is 15.2 Å². The van der Waals surface area contributed by atoms with E-state index < -0.39 is 11.7 Å². The molecule has 0 fully saturated rings. The fourth-order valence-corrected chi connectivity index (χ4v) is 1.87. The van der Waals surface area contributed by atoms with Crippen molar-refractivity contribution in [3.8, 4) is 0 Å². The van der Waals surface area contributed by atoms with Gasteiger partial charge >= 0.3 is 6.09 Å². The molecule has 0 radical (unpaired) electrons. The van der Waals surface area contributed by atoms with E-state index >= 15 is 0 Å². The van der Waals surface area contributed by atoms with Crippen LogP contribution in [0, 0.1) is 5.41 Å². The van der Waals surface area contributed by atoms with Crippen LogP contribution in [-0.4, -0.2) is 29.1 Å². The predicted molar refractivity (Wildman–Crippen MR) is 99.2 cm³/mol. The van der Waals surface area contributed by atoms with Gasteiger partial charge in [0.05, 0.1) is 4.48 Å². The number of aliphatic imine (C=N–C) groups is 1. The fourth-order valence-electron chi connectivity index (χ4n) is 1.48. The van der Waals surface area contributed by atoms with E-state index in [4.69, 9.17) is 22.1 Å². The zero-order chi connectivity index (χ0) is 18.4. The Morgan fingerprint density at radius 2 is 1.91 bits per heavy atom. The molecule has 1 amide bonds. The molecule has 3 N–H and O–H groups in total. The number of hydrogen-bond donors (Lipinski definition) is 2. The lowest BCUT2D eigenvalue weighted by molar-refractivity contribution is 0.0391. The second kappa shape index (κ2) is 8.59. The van der Waals surface area contributed by atoms with E-state index in [-0.39, 0.29) is 10.6 Å². The molecule has 0 aromatic carbocycles. The van der Waals surface area contributed by atoms with E-state index in [2.05, 4.69) is 32.9 Å². The number of halogens is 2. The molecule has 6 nitrogen and oxygen atoms in total. The Kier molecular flexibility index (Phi) is 8.14. The summed E-state index contributed by atoms with van der Waals surface area (Å²) in [5.41, 5.74) is 7.45. The third-order valence-electron chi connectivity index (χ3n) is 2.10.